The summed E-state index contributed by atoms with van der Waals surface area (Å²) in [4.78, 5) is 22.0. The average Bonchev–Trinajstić information content (AvgIpc) is 2.88. The second-order valence-electron chi connectivity index (χ2n) is 4.73. The highest BCUT2D eigenvalue weighted by atomic mass is 16.5. The Morgan fingerprint density at radius 2 is 2.37 bits per heavy atom. The number of ether oxygens (including phenoxy) is 1. The van der Waals surface area contributed by atoms with Crippen LogP contribution in [0, 0.1) is 12.8 Å². The summed E-state index contributed by atoms with van der Waals surface area (Å²) in [5.41, 5.74) is 0.830. The van der Waals surface area contributed by atoms with Gasteiger partial charge in [0.25, 0.3) is 0 Å². The van der Waals surface area contributed by atoms with E-state index in [4.69, 9.17) is 4.74 Å². The topological polar surface area (TPSA) is 67.3 Å². The summed E-state index contributed by atoms with van der Waals surface area (Å²) in [6.45, 7) is 6.80. The van der Waals surface area contributed by atoms with Crippen molar-refractivity contribution in [3.05, 3.63) is 18.1 Å². The van der Waals surface area contributed by atoms with Crippen molar-refractivity contribution in [1.29, 1.82) is 0 Å². The van der Waals surface area contributed by atoms with Gasteiger partial charge in [-0.2, -0.15) is 0 Å². The minimum absolute atomic E-state index is 0.114. The number of aryl methyl sites for hydroxylation is 1. The van der Waals surface area contributed by atoms with E-state index < -0.39 is 0 Å². The summed E-state index contributed by atoms with van der Waals surface area (Å²) < 4.78 is 5.40. The highest BCUT2D eigenvalue weighted by Crippen LogP contribution is 2.17. The quantitative estimate of drug-likeness (QED) is 0.898. The summed E-state index contributed by atoms with van der Waals surface area (Å²) in [5, 5.41) is 2.76. The van der Waals surface area contributed by atoms with Crippen molar-refractivity contribution < 1.29 is 9.53 Å². The molecule has 19 heavy (non-hydrogen) atoms. The Labute approximate surface area is 113 Å². The fraction of sp³-hybridized carbons (Fsp3) is 0.615. The molecule has 1 N–H and O–H groups in total. The van der Waals surface area contributed by atoms with E-state index in [1.807, 2.05) is 13.8 Å². The Balaban J connectivity index is 1.82. The lowest BCUT2D eigenvalue weighted by molar-refractivity contribution is 0.113. The number of anilines is 1. The smallest absolute Gasteiger partial charge is 0.323 e. The molecule has 6 nitrogen and oxygen atoms in total. The molecule has 2 rings (SSSR count). The lowest BCUT2D eigenvalue weighted by Crippen LogP contribution is -2.33. The molecule has 104 valence electrons. The van der Waals surface area contributed by atoms with Crippen molar-refractivity contribution in [2.75, 3.05) is 31.6 Å². The van der Waals surface area contributed by atoms with E-state index in [0.29, 0.717) is 11.7 Å². The maximum atomic E-state index is 12.0. The Bertz CT molecular complexity index is 421. The zero-order valence-corrected chi connectivity index (χ0v) is 11.4. The molecule has 6 heteroatoms. The monoisotopic (exact) mass is 264 g/mol. The third-order valence-corrected chi connectivity index (χ3v) is 3.15. The molecular formula is C13H20N4O2. The van der Waals surface area contributed by atoms with Crippen LogP contribution in [-0.2, 0) is 4.74 Å². The number of nitrogens with one attached hydrogen (secondary N) is 1. The number of likely N-dealkylation sites (tertiary alicyclic amines) is 1. The molecule has 0 saturated carbocycles. The lowest BCUT2D eigenvalue weighted by Gasteiger charge is -2.16. The fourth-order valence-electron chi connectivity index (χ4n) is 2.08. The highest BCUT2D eigenvalue weighted by molar-refractivity contribution is 5.88. The number of hydrogen-bond donors (Lipinski definition) is 1. The van der Waals surface area contributed by atoms with Gasteiger partial charge in [-0.3, -0.25) is 10.3 Å². The second-order valence-corrected chi connectivity index (χ2v) is 4.73. The van der Waals surface area contributed by atoms with Gasteiger partial charge >= 0.3 is 6.03 Å². The van der Waals surface area contributed by atoms with Gasteiger partial charge in [0.1, 0.15) is 0 Å². The molecule has 1 unspecified atom stereocenters. The molecule has 1 saturated heterocycles. The molecule has 0 spiro atoms. The third kappa shape index (κ3) is 3.89. The molecule has 2 heterocycles. The van der Waals surface area contributed by atoms with Crippen LogP contribution in [0.1, 0.15) is 19.0 Å². The van der Waals surface area contributed by atoms with Gasteiger partial charge in [-0.05, 0) is 20.3 Å². The maximum absolute atomic E-state index is 12.0. The van der Waals surface area contributed by atoms with Gasteiger partial charge in [-0.1, -0.05) is 0 Å². The second kappa shape index (κ2) is 6.47. The first-order chi connectivity index (χ1) is 9.19. The molecule has 0 aliphatic carbocycles. The molecule has 1 aliphatic rings. The molecule has 1 fully saturated rings. The Kier molecular flexibility index (Phi) is 4.68. The van der Waals surface area contributed by atoms with Crippen LogP contribution in [0.15, 0.2) is 12.4 Å². The van der Waals surface area contributed by atoms with Crippen molar-refractivity contribution >= 4 is 11.8 Å². The first-order valence-corrected chi connectivity index (χ1v) is 6.61. The van der Waals surface area contributed by atoms with Crippen molar-refractivity contribution in [3.63, 3.8) is 0 Å². The van der Waals surface area contributed by atoms with Crippen molar-refractivity contribution in [1.82, 2.24) is 14.9 Å². The lowest BCUT2D eigenvalue weighted by atomic mass is 10.1. The molecule has 2 amide bonds. The van der Waals surface area contributed by atoms with Crippen molar-refractivity contribution in [2.45, 2.75) is 20.3 Å². The first-order valence-electron chi connectivity index (χ1n) is 6.61. The van der Waals surface area contributed by atoms with Gasteiger partial charge < -0.3 is 9.64 Å². The molecule has 0 bridgehead atoms. The van der Waals surface area contributed by atoms with E-state index in [1.54, 1.807) is 17.3 Å². The van der Waals surface area contributed by atoms with Crippen LogP contribution < -0.4 is 5.32 Å². The van der Waals surface area contributed by atoms with E-state index in [2.05, 4.69) is 15.3 Å². The van der Waals surface area contributed by atoms with Gasteiger partial charge in [-0.15, -0.1) is 0 Å². The number of carbonyl (C=O) groups is 1. The largest absolute Gasteiger partial charge is 0.381 e. The first kappa shape index (κ1) is 13.7. The highest BCUT2D eigenvalue weighted by Gasteiger charge is 2.26. The van der Waals surface area contributed by atoms with Crippen LogP contribution >= 0.6 is 0 Å². The van der Waals surface area contributed by atoms with Gasteiger partial charge in [0.15, 0.2) is 5.82 Å². The van der Waals surface area contributed by atoms with Crippen LogP contribution in [0.25, 0.3) is 0 Å². The normalized spacial score (nSPS) is 18.6. The third-order valence-electron chi connectivity index (χ3n) is 3.15. The summed E-state index contributed by atoms with van der Waals surface area (Å²) in [5.74, 6) is 0.929. The minimum Gasteiger partial charge on any atom is -0.381 e. The molecule has 0 radical (unpaired) electrons. The van der Waals surface area contributed by atoms with E-state index in [-0.39, 0.29) is 6.03 Å². The standard InChI is InChI=1S/C13H20N4O2/c1-3-19-9-11-4-5-17(8-11)13(18)16-12-7-14-10(2)6-15-12/h6-7,11H,3-5,8-9H2,1-2H3,(H,15,16,18). The Hall–Kier alpha value is -1.69. The SMILES string of the molecule is CCOCC1CCN(C(=O)Nc2cnc(C)cn2)C1. The number of aromatic nitrogens is 2. The van der Waals surface area contributed by atoms with Gasteiger partial charge in [0.05, 0.1) is 24.7 Å². The summed E-state index contributed by atoms with van der Waals surface area (Å²) in [7, 11) is 0. The van der Waals surface area contributed by atoms with Crippen molar-refractivity contribution in [3.8, 4) is 0 Å². The van der Waals surface area contributed by atoms with Gasteiger partial charge in [0.2, 0.25) is 0 Å². The molecule has 1 aromatic heterocycles. The summed E-state index contributed by atoms with van der Waals surface area (Å²) >= 11 is 0. The van der Waals surface area contributed by atoms with Crippen LogP contribution in [0.2, 0.25) is 0 Å². The predicted molar refractivity (Wildman–Crippen MR) is 72.0 cm³/mol. The van der Waals surface area contributed by atoms with Gasteiger partial charge in [-0.25, -0.2) is 9.78 Å². The zero-order valence-electron chi connectivity index (χ0n) is 11.4. The minimum atomic E-state index is -0.114. The van der Waals surface area contributed by atoms with Gasteiger partial charge in [0, 0.05) is 25.6 Å². The molecule has 1 aliphatic heterocycles. The molecule has 0 aromatic carbocycles. The summed E-state index contributed by atoms with van der Waals surface area (Å²) in [6, 6.07) is -0.114. The maximum Gasteiger partial charge on any atom is 0.323 e. The van der Waals surface area contributed by atoms with E-state index >= 15 is 0 Å². The zero-order chi connectivity index (χ0) is 13.7. The molecule has 1 atom stereocenters. The number of urea groups is 1. The van der Waals surface area contributed by atoms with Crippen LogP contribution in [0.5, 0.6) is 0 Å². The van der Waals surface area contributed by atoms with Crippen LogP contribution in [-0.4, -0.2) is 47.2 Å². The molecular weight excluding hydrogens is 244 g/mol. The Morgan fingerprint density at radius 1 is 1.53 bits per heavy atom. The number of hydrogen-bond acceptors (Lipinski definition) is 4. The van der Waals surface area contributed by atoms with E-state index in [9.17, 15) is 4.79 Å². The van der Waals surface area contributed by atoms with E-state index in [1.165, 1.54) is 0 Å². The van der Waals surface area contributed by atoms with E-state index in [0.717, 1.165) is 38.4 Å². The average molecular weight is 264 g/mol. The summed E-state index contributed by atoms with van der Waals surface area (Å²) in [6.07, 6.45) is 4.20. The number of rotatable bonds is 4. The predicted octanol–water partition coefficient (Wildman–Crippen LogP) is 1.68. The van der Waals surface area contributed by atoms with Crippen LogP contribution in [0.3, 0.4) is 0 Å². The number of nitrogens with zero attached hydrogens (tertiary/aromatic N) is 3. The number of amides is 2. The van der Waals surface area contributed by atoms with Crippen molar-refractivity contribution in [2.24, 2.45) is 5.92 Å². The fourth-order valence-corrected chi connectivity index (χ4v) is 2.08. The number of carbonyl (C=O) groups excluding carboxylic acids is 1. The Morgan fingerprint density at radius 3 is 3.05 bits per heavy atom. The molecule has 1 aromatic rings. The van der Waals surface area contributed by atoms with Crippen LogP contribution in [0.4, 0.5) is 10.6 Å².